The Kier molecular flexibility index (Phi) is 4.76. The summed E-state index contributed by atoms with van der Waals surface area (Å²) in [4.78, 5) is 26.2. The van der Waals surface area contributed by atoms with Gasteiger partial charge in [0.1, 0.15) is 12.2 Å². The molecule has 3 aliphatic heterocycles. The summed E-state index contributed by atoms with van der Waals surface area (Å²) in [7, 11) is 0. The van der Waals surface area contributed by atoms with Crippen LogP contribution in [0.25, 0.3) is 0 Å². The van der Waals surface area contributed by atoms with Crippen molar-refractivity contribution in [3.8, 4) is 0 Å². The molecule has 3 heterocycles. The molecule has 8 nitrogen and oxygen atoms in total. The molecule has 134 valence electrons. The van der Waals surface area contributed by atoms with Crippen molar-refractivity contribution in [1.82, 2.24) is 9.80 Å². The number of fused-ring (bicyclic) bond motifs is 1. The number of rotatable bonds is 5. The molecule has 3 rings (SSSR count). The summed E-state index contributed by atoms with van der Waals surface area (Å²) in [5.74, 6) is -1.87. The number of likely N-dealkylation sites (tertiary alicyclic amines) is 1. The molecule has 3 N–H and O–H groups in total. The second-order valence-electron chi connectivity index (χ2n) is 6.95. The molecule has 24 heavy (non-hydrogen) atoms. The molecule has 0 spiro atoms. The van der Waals surface area contributed by atoms with Crippen LogP contribution in [0.3, 0.4) is 0 Å². The molecule has 8 heteroatoms. The number of piperidine rings is 1. The highest BCUT2D eigenvalue weighted by Crippen LogP contribution is 2.37. The van der Waals surface area contributed by atoms with Crippen LogP contribution in [0.5, 0.6) is 0 Å². The molecule has 0 aromatic rings. The monoisotopic (exact) mass is 340 g/mol. The standard InChI is InChI=1S/C16H24N2O6/c1-16(23)8-10-15(24-16)14(22)11(19)9-17(10)6-2-3-7-18-12(20)4-5-13(18)21/h4-5,10-11,14-15,19,22-23H,2-3,6-9H2,1H3/t10?,11?,14?,15?,16-/m0/s1. The first-order valence-corrected chi connectivity index (χ1v) is 8.32. The summed E-state index contributed by atoms with van der Waals surface area (Å²) in [6, 6.07) is -0.157. The van der Waals surface area contributed by atoms with E-state index in [4.69, 9.17) is 4.74 Å². The third kappa shape index (κ3) is 3.38. The van der Waals surface area contributed by atoms with Crippen LogP contribution in [0.1, 0.15) is 26.2 Å². The SMILES string of the molecule is C[C@@]1(O)CC2C(O1)C(O)C(O)CN2CCCCN1C(=O)C=CC1=O. The molecule has 2 fully saturated rings. The molecular weight excluding hydrogens is 316 g/mol. The van der Waals surface area contributed by atoms with Crippen LogP contribution in [0.4, 0.5) is 0 Å². The van der Waals surface area contributed by atoms with Crippen LogP contribution in [0.15, 0.2) is 12.2 Å². The number of aliphatic hydroxyl groups excluding tert-OH is 2. The third-order valence-electron chi connectivity index (χ3n) is 4.96. The summed E-state index contributed by atoms with van der Waals surface area (Å²) < 4.78 is 5.48. The van der Waals surface area contributed by atoms with Crippen molar-refractivity contribution in [3.05, 3.63) is 12.2 Å². The highest BCUT2D eigenvalue weighted by Gasteiger charge is 2.52. The number of hydrogen-bond acceptors (Lipinski definition) is 7. The van der Waals surface area contributed by atoms with Gasteiger partial charge in [0.15, 0.2) is 5.79 Å². The molecule has 0 radical (unpaired) electrons. The Morgan fingerprint density at radius 1 is 1.21 bits per heavy atom. The zero-order valence-corrected chi connectivity index (χ0v) is 13.7. The van der Waals surface area contributed by atoms with Gasteiger partial charge >= 0.3 is 0 Å². The van der Waals surface area contributed by atoms with Crippen LogP contribution in [-0.4, -0.2) is 86.7 Å². The highest BCUT2D eigenvalue weighted by molar-refractivity contribution is 6.12. The topological polar surface area (TPSA) is 111 Å². The summed E-state index contributed by atoms with van der Waals surface area (Å²) in [6.07, 6.45) is 1.75. The van der Waals surface area contributed by atoms with E-state index in [1.165, 1.54) is 17.1 Å². The first-order valence-electron chi connectivity index (χ1n) is 8.32. The van der Waals surface area contributed by atoms with Gasteiger partial charge in [-0.15, -0.1) is 0 Å². The molecule has 2 amide bonds. The summed E-state index contributed by atoms with van der Waals surface area (Å²) >= 11 is 0. The molecule has 0 aliphatic carbocycles. The maximum atomic E-state index is 11.5. The van der Waals surface area contributed by atoms with Crippen molar-refractivity contribution in [3.63, 3.8) is 0 Å². The second kappa shape index (κ2) is 6.53. The minimum absolute atomic E-state index is 0.157. The minimum Gasteiger partial charge on any atom is -0.389 e. The predicted octanol–water partition coefficient (Wildman–Crippen LogP) is -1.40. The van der Waals surface area contributed by atoms with E-state index in [-0.39, 0.29) is 17.9 Å². The van der Waals surface area contributed by atoms with Gasteiger partial charge < -0.3 is 20.1 Å². The number of carbonyl (C=O) groups is 2. The van der Waals surface area contributed by atoms with E-state index < -0.39 is 24.1 Å². The van der Waals surface area contributed by atoms with E-state index in [9.17, 15) is 24.9 Å². The Hall–Kier alpha value is -1.32. The maximum Gasteiger partial charge on any atom is 0.253 e. The van der Waals surface area contributed by atoms with Crippen LogP contribution >= 0.6 is 0 Å². The van der Waals surface area contributed by atoms with Gasteiger partial charge in [-0.3, -0.25) is 19.4 Å². The van der Waals surface area contributed by atoms with Gasteiger partial charge in [0.2, 0.25) is 0 Å². The van der Waals surface area contributed by atoms with E-state index in [0.29, 0.717) is 32.5 Å². The average Bonchev–Trinajstić information content (AvgIpc) is 3.00. The number of carbonyl (C=O) groups excluding carboxylic acids is 2. The van der Waals surface area contributed by atoms with E-state index in [2.05, 4.69) is 0 Å². The Balaban J connectivity index is 1.51. The van der Waals surface area contributed by atoms with Crippen LogP contribution < -0.4 is 0 Å². The van der Waals surface area contributed by atoms with Crippen molar-refractivity contribution in [2.24, 2.45) is 0 Å². The molecule has 2 saturated heterocycles. The predicted molar refractivity (Wildman–Crippen MR) is 82.6 cm³/mol. The maximum absolute atomic E-state index is 11.5. The lowest BCUT2D eigenvalue weighted by Crippen LogP contribution is -2.59. The average molecular weight is 340 g/mol. The van der Waals surface area contributed by atoms with E-state index in [1.807, 2.05) is 4.90 Å². The number of unbranched alkanes of at least 4 members (excludes halogenated alkanes) is 1. The Morgan fingerprint density at radius 3 is 2.50 bits per heavy atom. The lowest BCUT2D eigenvalue weighted by molar-refractivity contribution is -0.213. The number of aliphatic hydroxyl groups is 3. The smallest absolute Gasteiger partial charge is 0.253 e. The fourth-order valence-corrected chi connectivity index (χ4v) is 3.75. The first kappa shape index (κ1) is 17.5. The Morgan fingerprint density at radius 2 is 1.83 bits per heavy atom. The lowest BCUT2D eigenvalue weighted by Gasteiger charge is -2.41. The Bertz CT molecular complexity index is 531. The molecular formula is C16H24N2O6. The van der Waals surface area contributed by atoms with Gasteiger partial charge in [-0.25, -0.2) is 0 Å². The number of β-amino-alcohol motifs (C(OH)–C–C–N with tert-alkyl or cyclic N) is 1. The molecule has 5 atom stereocenters. The number of hydrogen-bond donors (Lipinski definition) is 3. The second-order valence-corrected chi connectivity index (χ2v) is 6.95. The molecule has 0 bridgehead atoms. The van der Waals surface area contributed by atoms with Gasteiger partial charge in [-0.2, -0.15) is 0 Å². The van der Waals surface area contributed by atoms with Crippen molar-refractivity contribution in [2.75, 3.05) is 19.6 Å². The number of ether oxygens (including phenoxy) is 1. The molecule has 3 aliphatic rings. The van der Waals surface area contributed by atoms with Gasteiger partial charge in [-0.05, 0) is 26.3 Å². The van der Waals surface area contributed by atoms with E-state index in [1.54, 1.807) is 6.92 Å². The largest absolute Gasteiger partial charge is 0.389 e. The van der Waals surface area contributed by atoms with Gasteiger partial charge in [0, 0.05) is 37.7 Å². The zero-order chi connectivity index (χ0) is 17.5. The van der Waals surface area contributed by atoms with Crippen LogP contribution in [-0.2, 0) is 14.3 Å². The summed E-state index contributed by atoms with van der Waals surface area (Å²) in [5, 5.41) is 30.2. The molecule has 0 saturated carbocycles. The molecule has 0 aromatic heterocycles. The van der Waals surface area contributed by atoms with Crippen molar-refractivity contribution in [1.29, 1.82) is 0 Å². The molecule has 0 aromatic carbocycles. The zero-order valence-electron chi connectivity index (χ0n) is 13.7. The minimum atomic E-state index is -1.31. The fraction of sp³-hybridized carbons (Fsp3) is 0.750. The number of amides is 2. The van der Waals surface area contributed by atoms with Gasteiger partial charge in [-0.1, -0.05) is 0 Å². The van der Waals surface area contributed by atoms with Crippen molar-refractivity contribution >= 4 is 11.8 Å². The van der Waals surface area contributed by atoms with Crippen molar-refractivity contribution in [2.45, 2.75) is 56.3 Å². The Labute approximate surface area is 140 Å². The number of nitrogens with zero attached hydrogens (tertiary/aromatic N) is 2. The lowest BCUT2D eigenvalue weighted by atomic mass is 9.92. The van der Waals surface area contributed by atoms with Crippen LogP contribution in [0, 0.1) is 0 Å². The normalized spacial score (nSPS) is 39.8. The van der Waals surface area contributed by atoms with Gasteiger partial charge in [0.05, 0.1) is 6.10 Å². The number of imide groups is 1. The van der Waals surface area contributed by atoms with E-state index in [0.717, 1.165) is 6.42 Å². The first-order chi connectivity index (χ1) is 11.3. The van der Waals surface area contributed by atoms with Gasteiger partial charge in [0.25, 0.3) is 11.8 Å². The third-order valence-corrected chi connectivity index (χ3v) is 4.96. The van der Waals surface area contributed by atoms with E-state index >= 15 is 0 Å². The summed E-state index contributed by atoms with van der Waals surface area (Å²) in [6.45, 7) is 2.87. The van der Waals surface area contributed by atoms with Crippen LogP contribution in [0.2, 0.25) is 0 Å². The fourth-order valence-electron chi connectivity index (χ4n) is 3.75. The summed E-state index contributed by atoms with van der Waals surface area (Å²) in [5.41, 5.74) is 0. The van der Waals surface area contributed by atoms with Crippen molar-refractivity contribution < 1.29 is 29.6 Å². The molecule has 4 unspecified atom stereocenters. The highest BCUT2D eigenvalue weighted by atomic mass is 16.6. The quantitative estimate of drug-likeness (QED) is 0.417.